The van der Waals surface area contributed by atoms with Gasteiger partial charge in [-0.15, -0.1) is 0 Å². The minimum Gasteiger partial charge on any atom is -0.383 e. The number of aromatic nitrogens is 3. The molecule has 2 heterocycles. The number of benzene rings is 1. The first-order valence-corrected chi connectivity index (χ1v) is 8.06. The van der Waals surface area contributed by atoms with Crippen molar-refractivity contribution in [3.63, 3.8) is 0 Å². The molecule has 1 saturated carbocycles. The van der Waals surface area contributed by atoms with Gasteiger partial charge in [-0.25, -0.2) is 4.98 Å². The van der Waals surface area contributed by atoms with Crippen LogP contribution in [-0.2, 0) is 13.6 Å². The number of aryl methyl sites for hydroxylation is 1. The zero-order valence-corrected chi connectivity index (χ0v) is 13.5. The van der Waals surface area contributed by atoms with E-state index in [4.69, 9.17) is 5.73 Å². The number of carbonyl (C=O) groups excluding carboxylic acids is 1. The lowest BCUT2D eigenvalue weighted by Crippen LogP contribution is -2.23. The van der Waals surface area contributed by atoms with E-state index in [1.165, 1.54) is 0 Å². The smallest absolute Gasteiger partial charge is 0.255 e. The normalized spacial score (nSPS) is 14.0. The predicted octanol–water partition coefficient (Wildman–Crippen LogP) is 2.36. The standard InChI is InChI=1S/C18H19N5O/c1-23-10-15(16(22-23)12-3-4-12)18(24)21-9-11-2-5-14-13(8-11)6-7-20-17(14)19/h2,5-8,10,12H,3-4,9H2,1H3,(H2,19,20)(H,21,24). The van der Waals surface area contributed by atoms with Gasteiger partial charge in [0.1, 0.15) is 5.82 Å². The number of nitrogens with one attached hydrogen (secondary N) is 1. The molecule has 3 aromatic rings. The quantitative estimate of drug-likeness (QED) is 0.772. The van der Waals surface area contributed by atoms with E-state index in [2.05, 4.69) is 15.4 Å². The van der Waals surface area contributed by atoms with Crippen LogP contribution >= 0.6 is 0 Å². The van der Waals surface area contributed by atoms with Crippen LogP contribution in [0.25, 0.3) is 10.8 Å². The second kappa shape index (κ2) is 5.63. The van der Waals surface area contributed by atoms with Crippen LogP contribution in [0.2, 0.25) is 0 Å². The number of rotatable bonds is 4. The minimum atomic E-state index is -0.0701. The third-order valence-electron chi connectivity index (χ3n) is 4.38. The number of nitrogens with zero attached hydrogens (tertiary/aromatic N) is 3. The van der Waals surface area contributed by atoms with E-state index in [9.17, 15) is 4.79 Å². The molecule has 1 amide bonds. The summed E-state index contributed by atoms with van der Waals surface area (Å²) in [6.45, 7) is 0.468. The Balaban J connectivity index is 1.51. The predicted molar refractivity (Wildman–Crippen MR) is 92.5 cm³/mol. The van der Waals surface area contributed by atoms with Gasteiger partial charge >= 0.3 is 0 Å². The Hall–Kier alpha value is -2.89. The van der Waals surface area contributed by atoms with Crippen LogP contribution in [0.1, 0.15) is 40.4 Å². The number of fused-ring (bicyclic) bond motifs is 1. The Labute approximate surface area is 139 Å². The lowest BCUT2D eigenvalue weighted by Gasteiger charge is -2.07. The maximum Gasteiger partial charge on any atom is 0.255 e. The van der Waals surface area contributed by atoms with Crippen LogP contribution in [0.5, 0.6) is 0 Å². The van der Waals surface area contributed by atoms with Gasteiger partial charge in [0, 0.05) is 37.3 Å². The van der Waals surface area contributed by atoms with Crippen LogP contribution in [-0.4, -0.2) is 20.7 Å². The average molecular weight is 321 g/mol. The molecule has 0 unspecified atom stereocenters. The van der Waals surface area contributed by atoms with E-state index in [1.807, 2.05) is 31.3 Å². The molecule has 3 N–H and O–H groups in total. The summed E-state index contributed by atoms with van der Waals surface area (Å²) in [5, 5.41) is 9.38. The Kier molecular flexibility index (Phi) is 3.45. The van der Waals surface area contributed by atoms with Crippen LogP contribution in [0.3, 0.4) is 0 Å². The van der Waals surface area contributed by atoms with Crippen molar-refractivity contribution >= 4 is 22.5 Å². The highest BCUT2D eigenvalue weighted by Gasteiger charge is 2.31. The van der Waals surface area contributed by atoms with Crippen molar-refractivity contribution in [2.45, 2.75) is 25.3 Å². The van der Waals surface area contributed by atoms with Crippen molar-refractivity contribution in [2.24, 2.45) is 7.05 Å². The summed E-state index contributed by atoms with van der Waals surface area (Å²) in [5.41, 5.74) is 8.51. The van der Waals surface area contributed by atoms with E-state index < -0.39 is 0 Å². The maximum absolute atomic E-state index is 12.5. The fourth-order valence-corrected chi connectivity index (χ4v) is 2.98. The summed E-state index contributed by atoms with van der Waals surface area (Å²) < 4.78 is 1.72. The monoisotopic (exact) mass is 321 g/mol. The summed E-state index contributed by atoms with van der Waals surface area (Å²) in [4.78, 5) is 16.6. The summed E-state index contributed by atoms with van der Waals surface area (Å²) in [5.74, 6) is 0.898. The molecule has 4 rings (SSSR count). The largest absolute Gasteiger partial charge is 0.383 e. The molecule has 0 atom stereocenters. The van der Waals surface area contributed by atoms with Crippen molar-refractivity contribution in [2.75, 3.05) is 5.73 Å². The average Bonchev–Trinajstić information content (AvgIpc) is 3.35. The first kappa shape index (κ1) is 14.7. The zero-order chi connectivity index (χ0) is 16.7. The van der Waals surface area contributed by atoms with Crippen molar-refractivity contribution in [1.82, 2.24) is 20.1 Å². The van der Waals surface area contributed by atoms with Crippen LogP contribution < -0.4 is 11.1 Å². The van der Waals surface area contributed by atoms with Crippen molar-refractivity contribution in [3.8, 4) is 0 Å². The first-order valence-electron chi connectivity index (χ1n) is 8.06. The summed E-state index contributed by atoms with van der Waals surface area (Å²) in [7, 11) is 1.85. The molecule has 6 nitrogen and oxygen atoms in total. The van der Waals surface area contributed by atoms with Gasteiger partial charge in [0.15, 0.2) is 0 Å². The second-order valence-electron chi connectivity index (χ2n) is 6.31. The number of hydrogen-bond donors (Lipinski definition) is 2. The van der Waals surface area contributed by atoms with E-state index >= 15 is 0 Å². The molecular formula is C18H19N5O. The Morgan fingerprint density at radius 1 is 1.38 bits per heavy atom. The third-order valence-corrected chi connectivity index (χ3v) is 4.38. The molecule has 0 bridgehead atoms. The number of amides is 1. The molecule has 2 aromatic heterocycles. The molecule has 0 aliphatic heterocycles. The van der Waals surface area contributed by atoms with E-state index in [-0.39, 0.29) is 5.91 Å². The molecule has 1 aliphatic carbocycles. The molecule has 6 heteroatoms. The number of nitrogen functional groups attached to an aromatic ring is 1. The molecule has 122 valence electrons. The van der Waals surface area contributed by atoms with Gasteiger partial charge in [0.2, 0.25) is 0 Å². The minimum absolute atomic E-state index is 0.0701. The summed E-state index contributed by atoms with van der Waals surface area (Å²) in [6.07, 6.45) is 5.74. The van der Waals surface area contributed by atoms with Gasteiger partial charge in [-0.3, -0.25) is 9.48 Å². The molecule has 24 heavy (non-hydrogen) atoms. The van der Waals surface area contributed by atoms with Crippen LogP contribution in [0.15, 0.2) is 36.7 Å². The van der Waals surface area contributed by atoms with Gasteiger partial charge in [-0.05, 0) is 35.9 Å². The van der Waals surface area contributed by atoms with E-state index in [1.54, 1.807) is 17.1 Å². The zero-order valence-electron chi connectivity index (χ0n) is 13.5. The fraction of sp³-hybridized carbons (Fsp3) is 0.278. The molecular weight excluding hydrogens is 302 g/mol. The SMILES string of the molecule is Cn1cc(C(=O)NCc2ccc3c(N)nccc3c2)c(C2CC2)n1. The lowest BCUT2D eigenvalue weighted by molar-refractivity contribution is 0.0950. The lowest BCUT2D eigenvalue weighted by atomic mass is 10.1. The Morgan fingerprint density at radius 3 is 3.00 bits per heavy atom. The number of pyridine rings is 1. The van der Waals surface area contributed by atoms with Gasteiger partial charge in [0.05, 0.1) is 11.3 Å². The highest BCUT2D eigenvalue weighted by molar-refractivity contribution is 5.95. The number of hydrogen-bond acceptors (Lipinski definition) is 4. The number of carbonyl (C=O) groups is 1. The summed E-state index contributed by atoms with van der Waals surface area (Å²) >= 11 is 0. The molecule has 0 radical (unpaired) electrons. The molecule has 0 spiro atoms. The highest BCUT2D eigenvalue weighted by Crippen LogP contribution is 2.40. The van der Waals surface area contributed by atoms with Gasteiger partial charge in [-0.2, -0.15) is 5.10 Å². The van der Waals surface area contributed by atoms with Gasteiger partial charge < -0.3 is 11.1 Å². The van der Waals surface area contributed by atoms with Crippen LogP contribution in [0.4, 0.5) is 5.82 Å². The number of nitrogens with two attached hydrogens (primary N) is 1. The molecule has 1 aliphatic rings. The Morgan fingerprint density at radius 2 is 2.21 bits per heavy atom. The van der Waals surface area contributed by atoms with Crippen molar-refractivity contribution < 1.29 is 4.79 Å². The van der Waals surface area contributed by atoms with Crippen molar-refractivity contribution in [1.29, 1.82) is 0 Å². The second-order valence-corrected chi connectivity index (χ2v) is 6.31. The maximum atomic E-state index is 12.5. The van der Waals surface area contributed by atoms with Gasteiger partial charge in [0.25, 0.3) is 5.91 Å². The highest BCUT2D eigenvalue weighted by atomic mass is 16.1. The first-order chi connectivity index (χ1) is 11.6. The Bertz CT molecular complexity index is 926. The van der Waals surface area contributed by atoms with Crippen LogP contribution in [0, 0.1) is 0 Å². The number of anilines is 1. The molecule has 1 fully saturated rings. The third kappa shape index (κ3) is 2.71. The van der Waals surface area contributed by atoms with Gasteiger partial charge in [-0.1, -0.05) is 12.1 Å². The topological polar surface area (TPSA) is 85.8 Å². The molecule has 1 aromatic carbocycles. The van der Waals surface area contributed by atoms with E-state index in [0.29, 0.717) is 23.8 Å². The fourth-order valence-electron chi connectivity index (χ4n) is 2.98. The van der Waals surface area contributed by atoms with Crippen molar-refractivity contribution in [3.05, 3.63) is 53.5 Å². The summed E-state index contributed by atoms with van der Waals surface area (Å²) in [6, 6.07) is 7.85. The molecule has 0 saturated heterocycles. The van der Waals surface area contributed by atoms with E-state index in [0.717, 1.165) is 34.9 Å².